The second-order valence-electron chi connectivity index (χ2n) is 12.4. The van der Waals surface area contributed by atoms with Gasteiger partial charge < -0.3 is 25.0 Å². The van der Waals surface area contributed by atoms with E-state index in [1.807, 2.05) is 22.9 Å². The molecule has 0 unspecified atom stereocenters. The Morgan fingerprint density at radius 1 is 1.00 bits per heavy atom. The monoisotopic (exact) mass is 671 g/mol. The third-order valence-electron chi connectivity index (χ3n) is 9.38. The van der Waals surface area contributed by atoms with E-state index in [0.717, 1.165) is 45.1 Å². The molecule has 2 aliphatic rings. The Morgan fingerprint density at radius 3 is 2.26 bits per heavy atom. The van der Waals surface area contributed by atoms with Gasteiger partial charge in [0.15, 0.2) is 0 Å². The molecule has 0 bridgehead atoms. The molecular formula is C36H37N3O6S2. The van der Waals surface area contributed by atoms with E-state index in [0.29, 0.717) is 45.2 Å². The summed E-state index contributed by atoms with van der Waals surface area (Å²) in [6.07, 6.45) is 4.40. The normalized spacial score (nSPS) is 16.3. The summed E-state index contributed by atoms with van der Waals surface area (Å²) in [7, 11) is 1.72. The molecule has 2 N–H and O–H groups in total. The van der Waals surface area contributed by atoms with E-state index in [1.54, 1.807) is 72.6 Å². The fraction of sp³-hybridized carbons (Fsp3) is 0.333. The Bertz CT molecular complexity index is 1670. The quantitative estimate of drug-likeness (QED) is 0.150. The predicted molar refractivity (Wildman–Crippen MR) is 183 cm³/mol. The first-order chi connectivity index (χ1) is 22.7. The summed E-state index contributed by atoms with van der Waals surface area (Å²) >= 11 is 2.68. The maximum absolute atomic E-state index is 13.3. The number of aliphatic hydroxyl groups is 1. The number of benzene rings is 2. The van der Waals surface area contributed by atoms with E-state index in [4.69, 9.17) is 4.74 Å². The smallest absolute Gasteiger partial charge is 0.349 e. The fourth-order valence-corrected chi connectivity index (χ4v) is 8.16. The van der Waals surface area contributed by atoms with Gasteiger partial charge in [-0.2, -0.15) is 0 Å². The minimum atomic E-state index is -1.78. The van der Waals surface area contributed by atoms with Crippen LogP contribution in [0, 0.1) is 5.41 Å². The molecule has 0 atom stereocenters. The largest absolute Gasteiger partial charge is 0.460 e. The molecule has 2 fully saturated rings. The third-order valence-corrected chi connectivity index (χ3v) is 11.3. The minimum Gasteiger partial charge on any atom is -0.460 e. The van der Waals surface area contributed by atoms with Crippen molar-refractivity contribution in [2.24, 2.45) is 5.41 Å². The molecule has 3 heterocycles. The molecule has 1 aliphatic carbocycles. The van der Waals surface area contributed by atoms with Crippen LogP contribution in [-0.4, -0.2) is 66.9 Å². The lowest BCUT2D eigenvalue weighted by Crippen LogP contribution is -2.52. The van der Waals surface area contributed by atoms with E-state index in [-0.39, 0.29) is 23.3 Å². The highest BCUT2D eigenvalue weighted by Crippen LogP contribution is 2.51. The van der Waals surface area contributed by atoms with Crippen molar-refractivity contribution in [3.8, 4) is 0 Å². The highest BCUT2D eigenvalue weighted by Gasteiger charge is 2.51. The van der Waals surface area contributed by atoms with Crippen molar-refractivity contribution in [2.75, 3.05) is 36.9 Å². The van der Waals surface area contributed by atoms with E-state index < -0.39 is 11.6 Å². The zero-order valence-corrected chi connectivity index (χ0v) is 27.7. The molecule has 47 heavy (non-hydrogen) atoms. The lowest BCUT2D eigenvalue weighted by Gasteiger charge is -2.51. The minimum absolute atomic E-state index is 0.0353. The molecule has 1 spiro atoms. The van der Waals surface area contributed by atoms with Gasteiger partial charge in [0.2, 0.25) is 11.5 Å². The maximum atomic E-state index is 13.3. The Kier molecular flexibility index (Phi) is 9.70. The van der Waals surface area contributed by atoms with Crippen LogP contribution in [0.25, 0.3) is 0 Å². The maximum Gasteiger partial charge on any atom is 0.349 e. The van der Waals surface area contributed by atoms with Gasteiger partial charge in [0.1, 0.15) is 12.4 Å². The Labute approximate surface area is 281 Å². The van der Waals surface area contributed by atoms with E-state index in [9.17, 15) is 24.3 Å². The molecule has 0 radical (unpaired) electrons. The molecule has 2 amide bonds. The van der Waals surface area contributed by atoms with Crippen molar-refractivity contribution < 1.29 is 29.0 Å². The molecule has 1 aliphatic heterocycles. The summed E-state index contributed by atoms with van der Waals surface area (Å²) in [6, 6.07) is 20.7. The molecule has 11 heteroatoms. The Balaban J connectivity index is 0.954. The number of piperidine rings is 1. The summed E-state index contributed by atoms with van der Waals surface area (Å²) < 4.78 is 5.89. The molecule has 2 aromatic heterocycles. The highest BCUT2D eigenvalue weighted by molar-refractivity contribution is 7.12. The molecule has 1 saturated heterocycles. The zero-order valence-electron chi connectivity index (χ0n) is 26.1. The van der Waals surface area contributed by atoms with Crippen molar-refractivity contribution in [1.82, 2.24) is 4.90 Å². The number of hydrogen-bond acceptors (Lipinski definition) is 9. The third kappa shape index (κ3) is 7.08. The molecular weight excluding hydrogens is 635 g/mol. The van der Waals surface area contributed by atoms with E-state index in [1.165, 1.54) is 22.7 Å². The van der Waals surface area contributed by atoms with Crippen LogP contribution in [-0.2, 0) is 19.9 Å². The Morgan fingerprint density at radius 2 is 1.66 bits per heavy atom. The molecule has 244 valence electrons. The number of esters is 1. The SMILES string of the molecule is CN(C(=O)CCN1CCC2(CC1)CC(OC(=O)C(O)(c1cccs1)c1cccs1)C2)c1cccc(C(=O)Nc2ccc(C=O)cc2)c1. The van der Waals surface area contributed by atoms with Crippen molar-refractivity contribution >= 4 is 58.1 Å². The van der Waals surface area contributed by atoms with Crippen LogP contribution in [0.15, 0.2) is 83.6 Å². The first kappa shape index (κ1) is 32.8. The number of rotatable bonds is 11. The summed E-state index contributed by atoms with van der Waals surface area (Å²) in [5.74, 6) is -0.951. The van der Waals surface area contributed by atoms with Gasteiger partial charge in [-0.05, 0) is 110 Å². The first-order valence-corrected chi connectivity index (χ1v) is 17.4. The van der Waals surface area contributed by atoms with Crippen LogP contribution in [0.1, 0.15) is 62.6 Å². The van der Waals surface area contributed by atoms with Gasteiger partial charge in [0.25, 0.3) is 5.91 Å². The molecule has 9 nitrogen and oxygen atoms in total. The number of anilines is 2. The van der Waals surface area contributed by atoms with E-state index >= 15 is 0 Å². The van der Waals surface area contributed by atoms with Gasteiger partial charge in [0.05, 0.1) is 9.75 Å². The zero-order chi connectivity index (χ0) is 33.0. The number of amides is 2. The van der Waals surface area contributed by atoms with Gasteiger partial charge in [-0.25, -0.2) is 4.79 Å². The topological polar surface area (TPSA) is 116 Å². The van der Waals surface area contributed by atoms with Gasteiger partial charge in [-0.1, -0.05) is 18.2 Å². The number of nitrogens with zero attached hydrogens (tertiary/aromatic N) is 2. The van der Waals surface area contributed by atoms with Gasteiger partial charge >= 0.3 is 5.97 Å². The summed E-state index contributed by atoms with van der Waals surface area (Å²) in [5, 5.41) is 18.0. The van der Waals surface area contributed by atoms with Crippen molar-refractivity contribution in [3.63, 3.8) is 0 Å². The van der Waals surface area contributed by atoms with Crippen LogP contribution in [0.3, 0.4) is 0 Å². The number of thiophene rings is 2. The van der Waals surface area contributed by atoms with E-state index in [2.05, 4.69) is 10.2 Å². The summed E-state index contributed by atoms with van der Waals surface area (Å²) in [4.78, 5) is 55.1. The van der Waals surface area contributed by atoms with Crippen molar-refractivity contribution in [1.29, 1.82) is 0 Å². The van der Waals surface area contributed by atoms with Crippen LogP contribution in [0.5, 0.6) is 0 Å². The lowest BCUT2D eigenvalue weighted by atomic mass is 9.61. The van der Waals surface area contributed by atoms with Gasteiger partial charge in [-0.3, -0.25) is 14.4 Å². The number of carbonyl (C=O) groups excluding carboxylic acids is 4. The standard InChI is InChI=1S/C36H37N3O6S2/c1-38(28-6-2-5-26(21-28)33(42)37-27-11-9-25(24-40)10-12-27)32(41)13-16-39-17-14-35(15-18-39)22-29(23-35)45-34(43)36(44,30-7-3-19-46-30)31-8-4-20-47-31/h2-12,19-21,24,29,44H,13-18,22-23H2,1H3,(H,37,42). The fourth-order valence-electron chi connectivity index (χ4n) is 6.45. The van der Waals surface area contributed by atoms with Gasteiger partial charge in [-0.15, -0.1) is 22.7 Å². The van der Waals surface area contributed by atoms with Gasteiger partial charge in [0, 0.05) is 42.5 Å². The second-order valence-corrected chi connectivity index (χ2v) is 14.3. The first-order valence-electron chi connectivity index (χ1n) is 15.7. The van der Waals surface area contributed by atoms with Crippen molar-refractivity contribution in [2.45, 2.75) is 43.8 Å². The summed E-state index contributed by atoms with van der Waals surface area (Å²) in [6.45, 7) is 2.38. The average molecular weight is 672 g/mol. The Hall–Kier alpha value is -4.16. The molecule has 6 rings (SSSR count). The number of aldehydes is 1. The number of ether oxygens (including phenoxy) is 1. The molecule has 1 saturated carbocycles. The van der Waals surface area contributed by atoms with Crippen LogP contribution in [0.2, 0.25) is 0 Å². The second kappa shape index (κ2) is 13.9. The molecule has 2 aromatic carbocycles. The number of nitrogens with one attached hydrogen (secondary N) is 1. The number of likely N-dealkylation sites (tertiary alicyclic amines) is 1. The van der Waals surface area contributed by atoms with Crippen molar-refractivity contribution in [3.05, 3.63) is 104 Å². The predicted octanol–water partition coefficient (Wildman–Crippen LogP) is 5.95. The number of carbonyl (C=O) groups is 4. The van der Waals surface area contributed by atoms with Crippen LogP contribution in [0.4, 0.5) is 11.4 Å². The van der Waals surface area contributed by atoms with Crippen LogP contribution >= 0.6 is 22.7 Å². The summed E-state index contributed by atoms with van der Waals surface area (Å²) in [5.41, 5.74) is 0.509. The number of hydrogen-bond donors (Lipinski definition) is 2. The average Bonchev–Trinajstić information content (AvgIpc) is 3.83. The molecule has 4 aromatic rings. The lowest BCUT2D eigenvalue weighted by molar-refractivity contribution is -0.181. The van der Waals surface area contributed by atoms with Crippen LogP contribution < -0.4 is 10.2 Å². The highest BCUT2D eigenvalue weighted by atomic mass is 32.1.